The summed E-state index contributed by atoms with van der Waals surface area (Å²) in [5, 5.41) is 19.8. The van der Waals surface area contributed by atoms with Gasteiger partial charge in [-0.2, -0.15) is 5.10 Å². The van der Waals surface area contributed by atoms with Crippen molar-refractivity contribution < 1.29 is 19.1 Å². The monoisotopic (exact) mass is 443 g/mol. The highest BCUT2D eigenvalue weighted by Crippen LogP contribution is 2.24. The standard InChI is InChI=1S/C21H19ClFN5O3/c22-13-2-4-14(5-3-13)25-21(31)27-12-16(29)11-19(27)20(30)26-18-7-6-15(10-17(18)23)28-9-1-8-24-28/h1-10,16,19,29H,11-12H2,(H,25,31)(H,26,30)/t16-,19-/m1/s1. The number of carbonyl (C=O) groups is 2. The highest BCUT2D eigenvalue weighted by molar-refractivity contribution is 6.30. The van der Waals surface area contributed by atoms with Crippen molar-refractivity contribution in [1.82, 2.24) is 14.7 Å². The van der Waals surface area contributed by atoms with E-state index in [0.717, 1.165) is 0 Å². The first-order valence-corrected chi connectivity index (χ1v) is 9.90. The minimum Gasteiger partial charge on any atom is -0.391 e. The van der Waals surface area contributed by atoms with Crippen LogP contribution in [0.25, 0.3) is 5.69 Å². The predicted molar refractivity (Wildman–Crippen MR) is 114 cm³/mol. The van der Waals surface area contributed by atoms with E-state index in [4.69, 9.17) is 11.6 Å². The molecule has 3 amide bonds. The number of hydrogen-bond acceptors (Lipinski definition) is 4. The molecular formula is C21H19ClFN5O3. The first kappa shape index (κ1) is 20.8. The Kier molecular flexibility index (Phi) is 5.88. The highest BCUT2D eigenvalue weighted by Gasteiger charge is 2.39. The molecule has 1 saturated heterocycles. The van der Waals surface area contributed by atoms with Crippen LogP contribution in [0.5, 0.6) is 0 Å². The number of aliphatic hydroxyl groups excluding tert-OH is 1. The van der Waals surface area contributed by atoms with E-state index >= 15 is 0 Å². The normalized spacial score (nSPS) is 18.1. The number of aliphatic hydroxyl groups is 1. The lowest BCUT2D eigenvalue weighted by atomic mass is 10.1. The van der Waals surface area contributed by atoms with E-state index in [9.17, 15) is 19.1 Å². The van der Waals surface area contributed by atoms with Gasteiger partial charge in [-0.15, -0.1) is 0 Å². The zero-order chi connectivity index (χ0) is 22.0. The lowest BCUT2D eigenvalue weighted by Crippen LogP contribution is -2.45. The van der Waals surface area contributed by atoms with Crippen molar-refractivity contribution in [1.29, 1.82) is 0 Å². The van der Waals surface area contributed by atoms with E-state index in [0.29, 0.717) is 16.4 Å². The number of nitrogens with zero attached hydrogens (tertiary/aromatic N) is 3. The lowest BCUT2D eigenvalue weighted by molar-refractivity contribution is -0.119. The van der Waals surface area contributed by atoms with E-state index in [-0.39, 0.29) is 18.7 Å². The first-order chi connectivity index (χ1) is 14.9. The fourth-order valence-corrected chi connectivity index (χ4v) is 3.53. The lowest BCUT2D eigenvalue weighted by Gasteiger charge is -2.24. The molecule has 3 aromatic rings. The SMILES string of the molecule is O=C(Nc1ccc(-n2cccn2)cc1F)[C@H]1C[C@@H](O)CN1C(=O)Nc1ccc(Cl)cc1. The maximum Gasteiger partial charge on any atom is 0.322 e. The fourth-order valence-electron chi connectivity index (χ4n) is 3.40. The summed E-state index contributed by atoms with van der Waals surface area (Å²) in [7, 11) is 0. The van der Waals surface area contributed by atoms with Gasteiger partial charge >= 0.3 is 6.03 Å². The van der Waals surface area contributed by atoms with Gasteiger partial charge in [-0.05, 0) is 42.5 Å². The molecule has 0 aliphatic carbocycles. The number of benzene rings is 2. The third-order valence-corrected chi connectivity index (χ3v) is 5.17. The summed E-state index contributed by atoms with van der Waals surface area (Å²) in [6.07, 6.45) is 2.43. The molecule has 2 heterocycles. The fraction of sp³-hybridized carbons (Fsp3) is 0.190. The van der Waals surface area contributed by atoms with Crippen LogP contribution in [0.4, 0.5) is 20.6 Å². The van der Waals surface area contributed by atoms with Crippen LogP contribution in [0.2, 0.25) is 5.02 Å². The van der Waals surface area contributed by atoms with Crippen molar-refractivity contribution in [2.24, 2.45) is 0 Å². The number of likely N-dealkylation sites (tertiary alicyclic amines) is 1. The number of anilines is 2. The second-order valence-corrected chi connectivity index (χ2v) is 7.54. The minimum absolute atomic E-state index is 0.0156. The van der Waals surface area contributed by atoms with Crippen molar-refractivity contribution in [2.45, 2.75) is 18.6 Å². The maximum absolute atomic E-state index is 14.5. The second kappa shape index (κ2) is 8.75. The van der Waals surface area contributed by atoms with Crippen LogP contribution in [0.1, 0.15) is 6.42 Å². The number of β-amino-alcohol motifs (C(OH)–C–C–N with tert-alkyl or cyclic N) is 1. The zero-order valence-corrected chi connectivity index (χ0v) is 17.0. The Bertz CT molecular complexity index is 1090. The molecule has 2 atom stereocenters. The van der Waals surface area contributed by atoms with Gasteiger partial charge in [-0.25, -0.2) is 13.9 Å². The van der Waals surface area contributed by atoms with Gasteiger partial charge < -0.3 is 20.6 Å². The Balaban J connectivity index is 1.46. The van der Waals surface area contributed by atoms with Crippen LogP contribution in [-0.2, 0) is 4.79 Å². The summed E-state index contributed by atoms with van der Waals surface area (Å²) in [4.78, 5) is 26.7. The van der Waals surface area contributed by atoms with E-state index < -0.39 is 29.9 Å². The summed E-state index contributed by atoms with van der Waals surface area (Å²) in [5.74, 6) is -1.23. The molecule has 10 heteroatoms. The molecule has 1 fully saturated rings. The molecule has 0 saturated carbocycles. The number of halogens is 2. The van der Waals surface area contributed by atoms with Crippen LogP contribution >= 0.6 is 11.6 Å². The van der Waals surface area contributed by atoms with Crippen molar-refractivity contribution in [3.05, 3.63) is 71.8 Å². The van der Waals surface area contributed by atoms with E-state index in [1.807, 2.05) is 0 Å². The minimum atomic E-state index is -0.951. The first-order valence-electron chi connectivity index (χ1n) is 9.52. The molecule has 1 aromatic heterocycles. The molecule has 1 aliphatic rings. The molecule has 4 rings (SSSR count). The predicted octanol–water partition coefficient (Wildman–Crippen LogP) is 3.27. The highest BCUT2D eigenvalue weighted by atomic mass is 35.5. The summed E-state index contributed by atoms with van der Waals surface area (Å²) in [6.45, 7) is -0.0156. The quantitative estimate of drug-likeness (QED) is 0.576. The molecule has 8 nitrogen and oxygen atoms in total. The van der Waals surface area contributed by atoms with Crippen LogP contribution in [0.3, 0.4) is 0 Å². The second-order valence-electron chi connectivity index (χ2n) is 7.10. The van der Waals surface area contributed by atoms with Gasteiger partial charge in [0.2, 0.25) is 5.91 Å². The largest absolute Gasteiger partial charge is 0.391 e. The molecule has 31 heavy (non-hydrogen) atoms. The van der Waals surface area contributed by atoms with Crippen molar-refractivity contribution in [3.63, 3.8) is 0 Å². The number of carbonyl (C=O) groups excluding carboxylic acids is 2. The average molecular weight is 444 g/mol. The zero-order valence-electron chi connectivity index (χ0n) is 16.2. The van der Waals surface area contributed by atoms with Gasteiger partial charge in [-0.3, -0.25) is 4.79 Å². The van der Waals surface area contributed by atoms with Gasteiger partial charge in [0.25, 0.3) is 0 Å². The van der Waals surface area contributed by atoms with Crippen molar-refractivity contribution >= 4 is 34.9 Å². The van der Waals surface area contributed by atoms with Gasteiger partial charge in [0.15, 0.2) is 0 Å². The van der Waals surface area contributed by atoms with Crippen LogP contribution in [0.15, 0.2) is 60.9 Å². The molecule has 0 bridgehead atoms. The average Bonchev–Trinajstić information content (AvgIpc) is 3.41. The van der Waals surface area contributed by atoms with Crippen LogP contribution in [-0.4, -0.2) is 50.4 Å². The molecule has 0 radical (unpaired) electrons. The van der Waals surface area contributed by atoms with Crippen molar-refractivity contribution in [3.8, 4) is 5.69 Å². The Hall–Kier alpha value is -3.43. The summed E-state index contributed by atoms with van der Waals surface area (Å²) < 4.78 is 16.0. The molecule has 1 aliphatic heterocycles. The molecule has 2 aromatic carbocycles. The topological polar surface area (TPSA) is 99.5 Å². The molecule has 0 spiro atoms. The Labute approximate surface area is 182 Å². The van der Waals surface area contributed by atoms with Gasteiger partial charge in [0.05, 0.1) is 17.5 Å². The smallest absolute Gasteiger partial charge is 0.322 e. The van der Waals surface area contributed by atoms with E-state index in [1.54, 1.807) is 48.8 Å². The number of hydrogen-bond donors (Lipinski definition) is 3. The number of urea groups is 1. The number of aromatic nitrogens is 2. The Morgan fingerprint density at radius 2 is 1.94 bits per heavy atom. The van der Waals surface area contributed by atoms with Gasteiger partial charge in [0, 0.05) is 42.1 Å². The van der Waals surface area contributed by atoms with Gasteiger partial charge in [0.1, 0.15) is 11.9 Å². The third-order valence-electron chi connectivity index (χ3n) is 4.92. The molecular weight excluding hydrogens is 425 g/mol. The summed E-state index contributed by atoms with van der Waals surface area (Å²) in [6, 6.07) is 11.0. The van der Waals surface area contributed by atoms with Crippen LogP contribution in [0, 0.1) is 5.82 Å². The number of nitrogens with one attached hydrogen (secondary N) is 2. The van der Waals surface area contributed by atoms with E-state index in [2.05, 4.69) is 15.7 Å². The van der Waals surface area contributed by atoms with E-state index in [1.165, 1.54) is 21.7 Å². The molecule has 0 unspecified atom stereocenters. The Morgan fingerprint density at radius 1 is 1.16 bits per heavy atom. The maximum atomic E-state index is 14.5. The number of amides is 3. The summed E-state index contributed by atoms with van der Waals surface area (Å²) >= 11 is 5.84. The summed E-state index contributed by atoms with van der Waals surface area (Å²) in [5.41, 5.74) is 0.969. The van der Waals surface area contributed by atoms with Crippen molar-refractivity contribution in [2.75, 3.05) is 17.2 Å². The third kappa shape index (κ3) is 4.68. The van der Waals surface area contributed by atoms with Crippen LogP contribution < -0.4 is 10.6 Å². The Morgan fingerprint density at radius 3 is 2.61 bits per heavy atom. The molecule has 3 N–H and O–H groups in total. The number of rotatable bonds is 4. The van der Waals surface area contributed by atoms with Gasteiger partial charge in [-0.1, -0.05) is 11.6 Å². The molecule has 160 valence electrons.